The lowest BCUT2D eigenvalue weighted by atomic mass is 10.1. The van der Waals surface area contributed by atoms with Crippen LogP contribution in [0.1, 0.15) is 19.8 Å². The molecule has 1 unspecified atom stereocenters. The normalized spacial score (nSPS) is 11.5. The lowest BCUT2D eigenvalue weighted by molar-refractivity contribution is -0.141. The molecule has 0 bridgehead atoms. The van der Waals surface area contributed by atoms with Crippen LogP contribution in [0.25, 0.3) is 0 Å². The second-order valence-electron chi connectivity index (χ2n) is 4.67. The molecule has 0 radical (unpaired) electrons. The molecule has 6 heteroatoms. The minimum Gasteiger partial charge on any atom is -0.493 e. The second-order valence-corrected chi connectivity index (χ2v) is 4.67. The van der Waals surface area contributed by atoms with Gasteiger partial charge in [0.1, 0.15) is 0 Å². The molecule has 0 aliphatic heterocycles. The van der Waals surface area contributed by atoms with E-state index < -0.39 is 11.9 Å². The van der Waals surface area contributed by atoms with Crippen LogP contribution in [0.3, 0.4) is 0 Å². The number of para-hydroxylation sites is 2. The van der Waals surface area contributed by atoms with Gasteiger partial charge in [-0.1, -0.05) is 19.1 Å². The van der Waals surface area contributed by atoms with Gasteiger partial charge in [0.05, 0.1) is 13.0 Å². The fourth-order valence-electron chi connectivity index (χ4n) is 1.69. The Labute approximate surface area is 124 Å². The maximum Gasteiger partial charge on any atom is 0.306 e. The number of carbonyl (C=O) groups is 2. The van der Waals surface area contributed by atoms with Gasteiger partial charge in [-0.15, -0.1) is 0 Å². The fraction of sp³-hybridized carbons (Fsp3) is 0.467. The first-order chi connectivity index (χ1) is 10.0. The van der Waals surface area contributed by atoms with Crippen molar-refractivity contribution in [2.24, 2.45) is 5.92 Å². The zero-order valence-electron chi connectivity index (χ0n) is 12.3. The van der Waals surface area contributed by atoms with Crippen molar-refractivity contribution >= 4 is 11.9 Å². The number of methoxy groups -OCH3 is 1. The van der Waals surface area contributed by atoms with E-state index in [0.29, 0.717) is 30.9 Å². The highest BCUT2D eigenvalue weighted by molar-refractivity contribution is 5.77. The Bertz CT molecular complexity index is 475. The third kappa shape index (κ3) is 6.16. The first kappa shape index (κ1) is 16.8. The maximum atomic E-state index is 11.6. The Balaban J connectivity index is 2.24. The predicted octanol–water partition coefficient (Wildman–Crippen LogP) is 1.69. The number of benzene rings is 1. The van der Waals surface area contributed by atoms with Crippen LogP contribution >= 0.6 is 0 Å². The third-order valence-corrected chi connectivity index (χ3v) is 2.99. The molecule has 0 spiro atoms. The highest BCUT2D eigenvalue weighted by Crippen LogP contribution is 2.25. The fourth-order valence-corrected chi connectivity index (χ4v) is 1.69. The Morgan fingerprint density at radius 2 is 1.95 bits per heavy atom. The Hall–Kier alpha value is -2.24. The van der Waals surface area contributed by atoms with Gasteiger partial charge in [0.15, 0.2) is 18.1 Å². The molecule has 1 atom stereocenters. The molecular weight excluding hydrogens is 274 g/mol. The lowest BCUT2D eigenvalue weighted by Gasteiger charge is -2.11. The third-order valence-electron chi connectivity index (χ3n) is 2.99. The smallest absolute Gasteiger partial charge is 0.306 e. The molecule has 1 amide bonds. The summed E-state index contributed by atoms with van der Waals surface area (Å²) in [5.41, 5.74) is 0. The molecule has 116 valence electrons. The average Bonchev–Trinajstić information content (AvgIpc) is 2.49. The van der Waals surface area contributed by atoms with Crippen molar-refractivity contribution < 1.29 is 24.2 Å². The average molecular weight is 295 g/mol. The van der Waals surface area contributed by atoms with Crippen LogP contribution in [0, 0.1) is 5.92 Å². The summed E-state index contributed by atoms with van der Waals surface area (Å²) in [5, 5.41) is 11.4. The topological polar surface area (TPSA) is 84.9 Å². The second kappa shape index (κ2) is 8.84. The predicted molar refractivity (Wildman–Crippen MR) is 77.5 cm³/mol. The van der Waals surface area contributed by atoms with Crippen LogP contribution in [0.4, 0.5) is 0 Å². The van der Waals surface area contributed by atoms with Gasteiger partial charge in [-0.25, -0.2) is 0 Å². The van der Waals surface area contributed by atoms with E-state index in [2.05, 4.69) is 5.32 Å². The summed E-state index contributed by atoms with van der Waals surface area (Å²) in [6, 6.07) is 7.08. The summed E-state index contributed by atoms with van der Waals surface area (Å²) in [5.74, 6) is -0.383. The van der Waals surface area contributed by atoms with Crippen LogP contribution in [0.2, 0.25) is 0 Å². The summed E-state index contributed by atoms with van der Waals surface area (Å²) in [7, 11) is 1.53. The summed E-state index contributed by atoms with van der Waals surface area (Å²) >= 11 is 0. The van der Waals surface area contributed by atoms with Crippen molar-refractivity contribution in [3.05, 3.63) is 24.3 Å². The zero-order valence-corrected chi connectivity index (χ0v) is 12.3. The van der Waals surface area contributed by atoms with Gasteiger partial charge in [0, 0.05) is 6.54 Å². The van der Waals surface area contributed by atoms with Crippen LogP contribution in [0.5, 0.6) is 11.5 Å². The van der Waals surface area contributed by atoms with Crippen molar-refractivity contribution in [1.29, 1.82) is 0 Å². The summed E-state index contributed by atoms with van der Waals surface area (Å²) in [4.78, 5) is 22.2. The molecule has 6 nitrogen and oxygen atoms in total. The molecule has 0 saturated heterocycles. The van der Waals surface area contributed by atoms with Gasteiger partial charge in [-0.2, -0.15) is 0 Å². The van der Waals surface area contributed by atoms with Gasteiger partial charge in [0.2, 0.25) is 0 Å². The molecule has 0 fully saturated rings. The first-order valence-corrected chi connectivity index (χ1v) is 6.80. The molecular formula is C15H21NO5. The van der Waals surface area contributed by atoms with E-state index in [1.807, 2.05) is 6.07 Å². The molecule has 0 heterocycles. The van der Waals surface area contributed by atoms with Gasteiger partial charge in [-0.3, -0.25) is 9.59 Å². The standard InChI is InChI=1S/C15H21NO5/c1-11(15(18)19)6-5-9-16-14(17)10-21-13-8-4-3-7-12(13)20-2/h3-4,7-8,11H,5-6,9-10H2,1-2H3,(H,16,17)(H,18,19). The largest absolute Gasteiger partial charge is 0.493 e. The van der Waals surface area contributed by atoms with Gasteiger partial charge < -0.3 is 19.9 Å². The van der Waals surface area contributed by atoms with E-state index in [0.717, 1.165) is 0 Å². The SMILES string of the molecule is COc1ccccc1OCC(=O)NCCCC(C)C(=O)O. The molecule has 0 saturated carbocycles. The van der Waals surface area contributed by atoms with E-state index in [4.69, 9.17) is 14.6 Å². The Morgan fingerprint density at radius 1 is 1.29 bits per heavy atom. The highest BCUT2D eigenvalue weighted by Gasteiger charge is 2.10. The number of nitrogens with one attached hydrogen (secondary N) is 1. The van der Waals surface area contributed by atoms with Crippen LogP contribution in [0.15, 0.2) is 24.3 Å². The number of rotatable bonds is 9. The molecule has 1 aromatic carbocycles. The monoisotopic (exact) mass is 295 g/mol. The highest BCUT2D eigenvalue weighted by atomic mass is 16.5. The number of carbonyl (C=O) groups excluding carboxylic acids is 1. The summed E-state index contributed by atoms with van der Waals surface area (Å²) in [6.07, 6.45) is 1.15. The van der Waals surface area contributed by atoms with Gasteiger partial charge in [0.25, 0.3) is 5.91 Å². The van der Waals surface area contributed by atoms with Crippen molar-refractivity contribution in [2.45, 2.75) is 19.8 Å². The molecule has 2 N–H and O–H groups in total. The van der Waals surface area contributed by atoms with Crippen LogP contribution in [-0.2, 0) is 9.59 Å². The number of carboxylic acids is 1. The number of aliphatic carboxylic acids is 1. The minimum atomic E-state index is -0.819. The van der Waals surface area contributed by atoms with Crippen molar-refractivity contribution in [3.63, 3.8) is 0 Å². The van der Waals surface area contributed by atoms with E-state index >= 15 is 0 Å². The maximum absolute atomic E-state index is 11.6. The van der Waals surface area contributed by atoms with Crippen LogP contribution < -0.4 is 14.8 Å². The first-order valence-electron chi connectivity index (χ1n) is 6.80. The van der Waals surface area contributed by atoms with Crippen molar-refractivity contribution in [3.8, 4) is 11.5 Å². The van der Waals surface area contributed by atoms with E-state index in [1.165, 1.54) is 7.11 Å². The number of carboxylic acid groups (broad SMARTS) is 1. The Kier molecular flexibility index (Phi) is 7.08. The molecule has 0 aromatic heterocycles. The van der Waals surface area contributed by atoms with Gasteiger partial charge >= 0.3 is 5.97 Å². The number of amides is 1. The molecule has 1 rings (SSSR count). The van der Waals surface area contributed by atoms with Crippen molar-refractivity contribution in [2.75, 3.05) is 20.3 Å². The lowest BCUT2D eigenvalue weighted by Crippen LogP contribution is -2.30. The summed E-state index contributed by atoms with van der Waals surface area (Å²) < 4.78 is 10.5. The number of hydrogen-bond acceptors (Lipinski definition) is 4. The molecule has 0 aliphatic rings. The van der Waals surface area contributed by atoms with E-state index in [9.17, 15) is 9.59 Å². The van der Waals surface area contributed by atoms with Gasteiger partial charge in [-0.05, 0) is 25.0 Å². The number of ether oxygens (including phenoxy) is 2. The minimum absolute atomic E-state index is 0.102. The van der Waals surface area contributed by atoms with Crippen molar-refractivity contribution in [1.82, 2.24) is 5.32 Å². The van der Waals surface area contributed by atoms with Crippen LogP contribution in [-0.4, -0.2) is 37.2 Å². The van der Waals surface area contributed by atoms with E-state index in [-0.39, 0.29) is 12.5 Å². The molecule has 21 heavy (non-hydrogen) atoms. The zero-order chi connectivity index (χ0) is 15.7. The quantitative estimate of drug-likeness (QED) is 0.677. The van der Waals surface area contributed by atoms with E-state index in [1.54, 1.807) is 25.1 Å². The molecule has 0 aliphatic carbocycles. The Morgan fingerprint density at radius 3 is 2.57 bits per heavy atom. The molecule has 1 aromatic rings. The number of hydrogen-bond donors (Lipinski definition) is 2. The summed E-state index contributed by atoms with van der Waals surface area (Å²) in [6.45, 7) is 1.98.